The maximum absolute atomic E-state index is 12.1. The van der Waals surface area contributed by atoms with Gasteiger partial charge in [0.15, 0.2) is 0 Å². The maximum atomic E-state index is 12.1. The van der Waals surface area contributed by atoms with Crippen molar-refractivity contribution in [3.05, 3.63) is 0 Å². The molecular formula is C14H28N2O. The molecule has 17 heavy (non-hydrogen) atoms. The SMILES string of the molecule is CC(C)(C)CCC(=O)N1CCCC(CCN)C1. The minimum absolute atomic E-state index is 0.252. The van der Waals surface area contributed by atoms with Crippen molar-refractivity contribution in [3.63, 3.8) is 0 Å². The van der Waals surface area contributed by atoms with Crippen LogP contribution in [-0.2, 0) is 4.79 Å². The van der Waals surface area contributed by atoms with Gasteiger partial charge < -0.3 is 10.6 Å². The molecule has 0 radical (unpaired) electrons. The Morgan fingerprint density at radius 2 is 2.12 bits per heavy atom. The summed E-state index contributed by atoms with van der Waals surface area (Å²) in [4.78, 5) is 14.1. The Labute approximate surface area is 106 Å². The average molecular weight is 240 g/mol. The fraction of sp³-hybridized carbons (Fsp3) is 0.929. The highest BCUT2D eigenvalue weighted by atomic mass is 16.2. The first-order valence-corrected chi connectivity index (χ1v) is 6.90. The van der Waals surface area contributed by atoms with Crippen molar-refractivity contribution in [3.8, 4) is 0 Å². The molecule has 0 saturated carbocycles. The fourth-order valence-electron chi connectivity index (χ4n) is 2.40. The number of nitrogens with zero attached hydrogens (tertiary/aromatic N) is 1. The molecule has 1 heterocycles. The van der Waals surface area contributed by atoms with Crippen LogP contribution in [-0.4, -0.2) is 30.4 Å². The molecule has 0 aromatic rings. The van der Waals surface area contributed by atoms with E-state index >= 15 is 0 Å². The standard InChI is InChI=1S/C14H28N2O/c1-14(2,3)8-6-13(17)16-10-4-5-12(11-16)7-9-15/h12H,4-11,15H2,1-3H3. The summed E-state index contributed by atoms with van der Waals surface area (Å²) >= 11 is 0. The molecule has 0 aromatic heterocycles. The minimum atomic E-state index is 0.252. The van der Waals surface area contributed by atoms with Crippen LogP contribution in [0.15, 0.2) is 0 Å². The van der Waals surface area contributed by atoms with Gasteiger partial charge in [-0.15, -0.1) is 0 Å². The van der Waals surface area contributed by atoms with E-state index in [0.717, 1.165) is 38.9 Å². The Morgan fingerprint density at radius 3 is 2.71 bits per heavy atom. The van der Waals surface area contributed by atoms with Crippen LogP contribution in [0.4, 0.5) is 0 Å². The molecule has 100 valence electrons. The molecule has 1 aliphatic heterocycles. The van der Waals surface area contributed by atoms with Gasteiger partial charge in [0.2, 0.25) is 5.91 Å². The lowest BCUT2D eigenvalue weighted by Crippen LogP contribution is -2.40. The first-order valence-electron chi connectivity index (χ1n) is 6.90. The molecule has 0 aliphatic carbocycles. The topological polar surface area (TPSA) is 46.3 Å². The highest BCUT2D eigenvalue weighted by molar-refractivity contribution is 5.76. The molecule has 1 fully saturated rings. The zero-order valence-corrected chi connectivity index (χ0v) is 11.7. The molecule has 3 heteroatoms. The number of rotatable bonds is 4. The van der Waals surface area contributed by atoms with E-state index < -0.39 is 0 Å². The van der Waals surface area contributed by atoms with Gasteiger partial charge in [0, 0.05) is 19.5 Å². The van der Waals surface area contributed by atoms with Crippen LogP contribution >= 0.6 is 0 Å². The second-order valence-electron chi connectivity index (χ2n) is 6.49. The largest absolute Gasteiger partial charge is 0.342 e. The average Bonchev–Trinajstić information content (AvgIpc) is 2.26. The molecule has 1 unspecified atom stereocenters. The number of hydrogen-bond donors (Lipinski definition) is 1. The summed E-state index contributed by atoms with van der Waals surface area (Å²) in [6.07, 6.45) is 5.11. The molecule has 2 N–H and O–H groups in total. The van der Waals surface area contributed by atoms with E-state index in [2.05, 4.69) is 25.7 Å². The fourth-order valence-corrected chi connectivity index (χ4v) is 2.40. The molecule has 1 amide bonds. The summed E-state index contributed by atoms with van der Waals surface area (Å²) in [5.74, 6) is 0.967. The van der Waals surface area contributed by atoms with Crippen molar-refractivity contribution in [2.24, 2.45) is 17.1 Å². The molecule has 1 saturated heterocycles. The molecule has 0 aromatic carbocycles. The zero-order chi connectivity index (χ0) is 12.9. The van der Waals surface area contributed by atoms with E-state index in [1.165, 1.54) is 6.42 Å². The Kier molecular flexibility index (Phi) is 5.44. The Balaban J connectivity index is 2.36. The van der Waals surface area contributed by atoms with Gasteiger partial charge in [0.1, 0.15) is 0 Å². The summed E-state index contributed by atoms with van der Waals surface area (Å²) in [6.45, 7) is 9.19. The second-order valence-corrected chi connectivity index (χ2v) is 6.49. The van der Waals surface area contributed by atoms with E-state index in [1.807, 2.05) is 0 Å². The number of carbonyl (C=O) groups is 1. The predicted molar refractivity (Wildman–Crippen MR) is 71.7 cm³/mol. The van der Waals surface area contributed by atoms with Gasteiger partial charge in [-0.25, -0.2) is 0 Å². The van der Waals surface area contributed by atoms with Gasteiger partial charge in [-0.1, -0.05) is 20.8 Å². The highest BCUT2D eigenvalue weighted by Crippen LogP contribution is 2.23. The van der Waals surface area contributed by atoms with Crippen molar-refractivity contribution < 1.29 is 4.79 Å². The van der Waals surface area contributed by atoms with E-state index in [4.69, 9.17) is 5.73 Å². The van der Waals surface area contributed by atoms with E-state index in [9.17, 15) is 4.79 Å². The third-order valence-corrected chi connectivity index (χ3v) is 3.54. The molecule has 1 rings (SSSR count). The van der Waals surface area contributed by atoms with Gasteiger partial charge in [0.05, 0.1) is 0 Å². The monoisotopic (exact) mass is 240 g/mol. The lowest BCUT2D eigenvalue weighted by Gasteiger charge is -2.33. The van der Waals surface area contributed by atoms with Crippen LogP contribution in [0.3, 0.4) is 0 Å². The maximum Gasteiger partial charge on any atom is 0.222 e. The van der Waals surface area contributed by atoms with E-state index in [0.29, 0.717) is 18.2 Å². The van der Waals surface area contributed by atoms with Crippen molar-refractivity contribution in [1.29, 1.82) is 0 Å². The molecule has 0 spiro atoms. The number of amides is 1. The van der Waals surface area contributed by atoms with Crippen LogP contribution in [0.25, 0.3) is 0 Å². The summed E-state index contributed by atoms with van der Waals surface area (Å²) in [5, 5.41) is 0. The number of likely N-dealkylation sites (tertiary alicyclic amines) is 1. The number of nitrogens with two attached hydrogens (primary N) is 1. The first kappa shape index (κ1) is 14.5. The van der Waals surface area contributed by atoms with Gasteiger partial charge in [-0.3, -0.25) is 4.79 Å². The van der Waals surface area contributed by atoms with Crippen molar-refractivity contribution in [2.75, 3.05) is 19.6 Å². The number of hydrogen-bond acceptors (Lipinski definition) is 2. The summed E-state index contributed by atoms with van der Waals surface area (Å²) in [5.41, 5.74) is 5.85. The quantitative estimate of drug-likeness (QED) is 0.820. The smallest absolute Gasteiger partial charge is 0.222 e. The van der Waals surface area contributed by atoms with E-state index in [1.54, 1.807) is 0 Å². The highest BCUT2D eigenvalue weighted by Gasteiger charge is 2.23. The van der Waals surface area contributed by atoms with Crippen LogP contribution in [0.2, 0.25) is 0 Å². The molecule has 1 aliphatic rings. The van der Waals surface area contributed by atoms with Gasteiger partial charge in [-0.2, -0.15) is 0 Å². The van der Waals surface area contributed by atoms with Crippen molar-refractivity contribution >= 4 is 5.91 Å². The molecular weight excluding hydrogens is 212 g/mol. The Bertz CT molecular complexity index is 243. The number of piperidine rings is 1. The Hall–Kier alpha value is -0.570. The van der Waals surface area contributed by atoms with Gasteiger partial charge >= 0.3 is 0 Å². The first-order chi connectivity index (χ1) is 7.92. The van der Waals surface area contributed by atoms with E-state index in [-0.39, 0.29) is 5.41 Å². The molecule has 3 nitrogen and oxygen atoms in total. The molecule has 1 atom stereocenters. The predicted octanol–water partition coefficient (Wildman–Crippen LogP) is 2.40. The van der Waals surface area contributed by atoms with Crippen LogP contribution < -0.4 is 5.73 Å². The van der Waals surface area contributed by atoms with Crippen LogP contribution in [0.1, 0.15) is 52.9 Å². The van der Waals surface area contributed by atoms with Gasteiger partial charge in [0.25, 0.3) is 0 Å². The third-order valence-electron chi connectivity index (χ3n) is 3.54. The normalized spacial score (nSPS) is 21.6. The lowest BCUT2D eigenvalue weighted by molar-refractivity contribution is -0.133. The Morgan fingerprint density at radius 1 is 1.41 bits per heavy atom. The number of carbonyl (C=O) groups excluding carboxylic acids is 1. The summed E-state index contributed by atoms with van der Waals surface area (Å²) in [6, 6.07) is 0. The third kappa shape index (κ3) is 5.53. The van der Waals surface area contributed by atoms with Crippen molar-refractivity contribution in [1.82, 2.24) is 4.90 Å². The minimum Gasteiger partial charge on any atom is -0.342 e. The van der Waals surface area contributed by atoms with Crippen LogP contribution in [0.5, 0.6) is 0 Å². The summed E-state index contributed by atoms with van der Waals surface area (Å²) in [7, 11) is 0. The zero-order valence-electron chi connectivity index (χ0n) is 11.7. The lowest BCUT2D eigenvalue weighted by atomic mass is 9.89. The second kappa shape index (κ2) is 6.39. The van der Waals surface area contributed by atoms with Gasteiger partial charge in [-0.05, 0) is 43.6 Å². The molecule has 0 bridgehead atoms. The van der Waals surface area contributed by atoms with Crippen LogP contribution in [0, 0.1) is 11.3 Å². The summed E-state index contributed by atoms with van der Waals surface area (Å²) < 4.78 is 0. The van der Waals surface area contributed by atoms with Crippen molar-refractivity contribution in [2.45, 2.75) is 52.9 Å².